The van der Waals surface area contributed by atoms with Crippen molar-refractivity contribution in [3.63, 3.8) is 0 Å². The van der Waals surface area contributed by atoms with Crippen LogP contribution in [0.1, 0.15) is 49.6 Å². The van der Waals surface area contributed by atoms with Crippen LogP contribution in [0.3, 0.4) is 0 Å². The zero-order valence-corrected chi connectivity index (χ0v) is 13.7. The molecule has 2 aromatic rings. The summed E-state index contributed by atoms with van der Waals surface area (Å²) < 4.78 is 45.3. The lowest BCUT2D eigenvalue weighted by Gasteiger charge is -2.12. The van der Waals surface area contributed by atoms with Crippen LogP contribution < -0.4 is 5.32 Å². The van der Waals surface area contributed by atoms with Gasteiger partial charge in [0.05, 0.1) is 6.10 Å². The number of nitrogens with one attached hydrogen (secondary N) is 1. The molecule has 7 heteroatoms. The van der Waals surface area contributed by atoms with Crippen molar-refractivity contribution in [2.45, 2.75) is 51.4 Å². The molecule has 1 aromatic carbocycles. The summed E-state index contributed by atoms with van der Waals surface area (Å²) in [5.41, 5.74) is -0.332. The van der Waals surface area contributed by atoms with Crippen LogP contribution in [0.25, 0.3) is 11.1 Å². The number of aliphatic hydroxyl groups is 1. The summed E-state index contributed by atoms with van der Waals surface area (Å²) in [7, 11) is 0. The highest BCUT2D eigenvalue weighted by molar-refractivity contribution is 5.78. The normalized spacial score (nSPS) is 17.0. The van der Waals surface area contributed by atoms with E-state index in [-0.39, 0.29) is 23.6 Å². The van der Waals surface area contributed by atoms with Crippen LogP contribution in [0.15, 0.2) is 16.5 Å². The predicted octanol–water partition coefficient (Wildman–Crippen LogP) is 3.83. The lowest BCUT2D eigenvalue weighted by Crippen LogP contribution is -2.27. The molecule has 1 atom stereocenters. The minimum atomic E-state index is -4.50. The van der Waals surface area contributed by atoms with Crippen LogP contribution in [-0.2, 0) is 12.7 Å². The molecule has 24 heavy (non-hydrogen) atoms. The van der Waals surface area contributed by atoms with Gasteiger partial charge in [0.2, 0.25) is 0 Å². The summed E-state index contributed by atoms with van der Waals surface area (Å²) in [5, 5.41) is 12.8. The Kier molecular flexibility index (Phi) is 4.57. The number of alkyl halides is 3. The van der Waals surface area contributed by atoms with E-state index in [0.29, 0.717) is 23.9 Å². The number of hydrogen-bond acceptors (Lipinski definition) is 4. The van der Waals surface area contributed by atoms with E-state index in [1.807, 2.05) is 13.8 Å². The maximum Gasteiger partial charge on any atom is 0.420 e. The molecule has 0 spiro atoms. The van der Waals surface area contributed by atoms with Crippen molar-refractivity contribution >= 4 is 11.1 Å². The summed E-state index contributed by atoms with van der Waals surface area (Å²) in [4.78, 5) is 4.18. The number of hydrogen-bond donors (Lipinski definition) is 2. The molecule has 4 nitrogen and oxygen atoms in total. The second-order valence-corrected chi connectivity index (χ2v) is 6.73. The molecule has 1 saturated carbocycles. The molecule has 0 aliphatic heterocycles. The van der Waals surface area contributed by atoms with Gasteiger partial charge < -0.3 is 14.8 Å². The zero-order chi connectivity index (χ0) is 17.5. The molecule has 1 aromatic heterocycles. The van der Waals surface area contributed by atoms with Crippen LogP contribution in [0.4, 0.5) is 13.2 Å². The summed E-state index contributed by atoms with van der Waals surface area (Å²) in [6.07, 6.45) is -2.90. The summed E-state index contributed by atoms with van der Waals surface area (Å²) in [5.74, 6) is 0.536. The van der Waals surface area contributed by atoms with Gasteiger partial charge >= 0.3 is 6.18 Å². The molecule has 3 rings (SSSR count). The van der Waals surface area contributed by atoms with Gasteiger partial charge in [-0.15, -0.1) is 0 Å². The fraction of sp³-hybridized carbons (Fsp3) is 0.588. The number of nitrogens with zero attached hydrogens (tertiary/aromatic N) is 1. The molecule has 1 aliphatic rings. The van der Waals surface area contributed by atoms with Gasteiger partial charge in [-0.05, 0) is 36.5 Å². The second-order valence-electron chi connectivity index (χ2n) is 6.73. The van der Waals surface area contributed by atoms with Crippen LogP contribution in [0.2, 0.25) is 0 Å². The largest absolute Gasteiger partial charge is 0.440 e. The first kappa shape index (κ1) is 17.2. The lowest BCUT2D eigenvalue weighted by molar-refractivity contribution is -0.136. The Hall–Kier alpha value is -1.60. The Bertz CT molecular complexity index is 720. The molecule has 2 N–H and O–H groups in total. The van der Waals surface area contributed by atoms with Gasteiger partial charge in [-0.2, -0.15) is 13.2 Å². The predicted molar refractivity (Wildman–Crippen MR) is 83.5 cm³/mol. The van der Waals surface area contributed by atoms with E-state index in [2.05, 4.69) is 10.3 Å². The van der Waals surface area contributed by atoms with Gasteiger partial charge in [0.25, 0.3) is 0 Å². The van der Waals surface area contributed by atoms with E-state index in [0.717, 1.165) is 18.9 Å². The Balaban J connectivity index is 1.84. The Morgan fingerprint density at radius 1 is 1.33 bits per heavy atom. The minimum absolute atomic E-state index is 0.0891. The molecule has 0 saturated heterocycles. The Morgan fingerprint density at radius 3 is 2.62 bits per heavy atom. The number of rotatable bonds is 6. The van der Waals surface area contributed by atoms with Crippen LogP contribution >= 0.6 is 0 Å². The zero-order valence-electron chi connectivity index (χ0n) is 13.7. The third-order valence-corrected chi connectivity index (χ3v) is 4.21. The number of aromatic nitrogens is 1. The van der Waals surface area contributed by atoms with E-state index < -0.39 is 17.8 Å². The third-order valence-electron chi connectivity index (χ3n) is 4.21. The molecular formula is C17H21F3N2O2. The number of aliphatic hydroxyl groups excluding tert-OH is 1. The Labute approximate surface area is 138 Å². The smallest absolute Gasteiger partial charge is 0.420 e. The van der Waals surface area contributed by atoms with E-state index >= 15 is 0 Å². The van der Waals surface area contributed by atoms with Crippen molar-refractivity contribution in [3.05, 3.63) is 29.2 Å². The molecule has 1 fully saturated rings. The van der Waals surface area contributed by atoms with Gasteiger partial charge in [0.15, 0.2) is 11.5 Å². The van der Waals surface area contributed by atoms with Crippen LogP contribution in [-0.4, -0.2) is 22.7 Å². The standard InChI is InChI=1S/C17H21F3N2O2/c1-9(2)16-22-13-6-10(7-21-8-14(23)11-3-4-11)5-12(15(13)24-16)17(18,19)20/h5-6,9,11,14,21,23H,3-4,7-8H2,1-2H3. The summed E-state index contributed by atoms with van der Waals surface area (Å²) >= 11 is 0. The van der Waals surface area contributed by atoms with Crippen molar-refractivity contribution in [3.8, 4) is 0 Å². The quantitative estimate of drug-likeness (QED) is 0.838. The summed E-state index contributed by atoms with van der Waals surface area (Å²) in [6.45, 7) is 4.26. The van der Waals surface area contributed by atoms with Crippen molar-refractivity contribution in [1.29, 1.82) is 0 Å². The van der Waals surface area contributed by atoms with Crippen molar-refractivity contribution in [1.82, 2.24) is 10.3 Å². The number of halogens is 3. The fourth-order valence-electron chi connectivity index (χ4n) is 2.68. The molecule has 0 radical (unpaired) electrons. The molecule has 1 heterocycles. The highest BCUT2D eigenvalue weighted by Gasteiger charge is 2.35. The number of oxazole rings is 1. The van der Waals surface area contributed by atoms with Crippen molar-refractivity contribution in [2.24, 2.45) is 5.92 Å². The topological polar surface area (TPSA) is 58.3 Å². The first-order valence-electron chi connectivity index (χ1n) is 8.15. The molecule has 1 aliphatic carbocycles. The maximum absolute atomic E-state index is 13.3. The lowest BCUT2D eigenvalue weighted by atomic mass is 10.1. The van der Waals surface area contributed by atoms with Gasteiger partial charge in [-0.3, -0.25) is 0 Å². The van der Waals surface area contributed by atoms with Crippen LogP contribution in [0.5, 0.6) is 0 Å². The first-order valence-corrected chi connectivity index (χ1v) is 8.15. The first-order chi connectivity index (χ1) is 11.3. The summed E-state index contributed by atoms with van der Waals surface area (Å²) in [6, 6.07) is 2.70. The highest BCUT2D eigenvalue weighted by Crippen LogP contribution is 2.37. The SMILES string of the molecule is CC(C)c1nc2cc(CNCC(O)C3CC3)cc(C(F)(F)F)c2o1. The van der Waals surface area contributed by atoms with Gasteiger partial charge in [0.1, 0.15) is 11.1 Å². The second kappa shape index (κ2) is 6.37. The monoisotopic (exact) mass is 342 g/mol. The minimum Gasteiger partial charge on any atom is -0.440 e. The average molecular weight is 342 g/mol. The number of fused-ring (bicyclic) bond motifs is 1. The Morgan fingerprint density at radius 2 is 2.04 bits per heavy atom. The van der Waals surface area contributed by atoms with E-state index in [1.165, 1.54) is 0 Å². The van der Waals surface area contributed by atoms with Crippen molar-refractivity contribution < 1.29 is 22.7 Å². The fourth-order valence-corrected chi connectivity index (χ4v) is 2.68. The highest BCUT2D eigenvalue weighted by atomic mass is 19.4. The molecule has 1 unspecified atom stereocenters. The third kappa shape index (κ3) is 3.72. The maximum atomic E-state index is 13.3. The van der Waals surface area contributed by atoms with Gasteiger partial charge in [-0.1, -0.05) is 13.8 Å². The van der Waals surface area contributed by atoms with Crippen LogP contribution in [0, 0.1) is 5.92 Å². The van der Waals surface area contributed by atoms with Gasteiger partial charge in [0, 0.05) is 19.0 Å². The average Bonchev–Trinajstić information content (AvgIpc) is 3.24. The van der Waals surface area contributed by atoms with Gasteiger partial charge in [-0.25, -0.2) is 4.98 Å². The van der Waals surface area contributed by atoms with E-state index in [4.69, 9.17) is 4.42 Å². The molecular weight excluding hydrogens is 321 g/mol. The molecule has 0 amide bonds. The van der Waals surface area contributed by atoms with E-state index in [9.17, 15) is 18.3 Å². The molecule has 132 valence electrons. The molecule has 0 bridgehead atoms. The van der Waals surface area contributed by atoms with E-state index in [1.54, 1.807) is 6.07 Å². The number of benzene rings is 1. The van der Waals surface area contributed by atoms with Crippen molar-refractivity contribution in [2.75, 3.05) is 6.54 Å².